The average molecular weight is 258 g/mol. The molecular weight excluding hydrogens is 236 g/mol. The van der Waals surface area contributed by atoms with Crippen molar-refractivity contribution in [2.24, 2.45) is 5.92 Å². The second-order valence-corrected chi connectivity index (χ2v) is 5.90. The number of carbonyl (C=O) groups is 1. The molecule has 0 unspecified atom stereocenters. The molecule has 1 amide bonds. The number of anilines is 2. The van der Waals surface area contributed by atoms with E-state index in [1.807, 2.05) is 23.1 Å². The molecule has 2 N–H and O–H groups in total. The molecule has 3 heteroatoms. The first-order valence-electron chi connectivity index (χ1n) is 7.43. The third-order valence-corrected chi connectivity index (χ3v) is 4.45. The van der Waals surface area contributed by atoms with E-state index < -0.39 is 0 Å². The minimum Gasteiger partial charge on any atom is -0.399 e. The van der Waals surface area contributed by atoms with E-state index in [9.17, 15) is 4.79 Å². The van der Waals surface area contributed by atoms with Crippen LogP contribution in [0.3, 0.4) is 0 Å². The Hall–Kier alpha value is -1.51. The highest BCUT2D eigenvalue weighted by atomic mass is 16.2. The van der Waals surface area contributed by atoms with Gasteiger partial charge in [-0.3, -0.25) is 4.79 Å². The number of fused-ring (bicyclic) bond motifs is 1. The maximum atomic E-state index is 12.3. The van der Waals surface area contributed by atoms with Gasteiger partial charge in [0, 0.05) is 24.3 Å². The van der Waals surface area contributed by atoms with E-state index in [-0.39, 0.29) is 5.91 Å². The highest BCUT2D eigenvalue weighted by Crippen LogP contribution is 2.32. The fourth-order valence-electron chi connectivity index (χ4n) is 3.42. The Morgan fingerprint density at radius 3 is 2.74 bits per heavy atom. The second kappa shape index (κ2) is 5.24. The van der Waals surface area contributed by atoms with Gasteiger partial charge in [0.1, 0.15) is 0 Å². The molecule has 0 radical (unpaired) electrons. The maximum Gasteiger partial charge on any atom is 0.227 e. The van der Waals surface area contributed by atoms with Crippen LogP contribution in [0.5, 0.6) is 0 Å². The van der Waals surface area contributed by atoms with Crippen molar-refractivity contribution in [3.05, 3.63) is 23.8 Å². The van der Waals surface area contributed by atoms with Crippen LogP contribution in [-0.4, -0.2) is 12.5 Å². The molecule has 0 spiro atoms. The molecule has 1 saturated carbocycles. The number of aryl methyl sites for hydroxylation is 1. The predicted molar refractivity (Wildman–Crippen MR) is 78.1 cm³/mol. The minimum absolute atomic E-state index is 0.287. The molecule has 3 rings (SSSR count). The Morgan fingerprint density at radius 2 is 1.95 bits per heavy atom. The van der Waals surface area contributed by atoms with Crippen molar-refractivity contribution in [3.63, 3.8) is 0 Å². The van der Waals surface area contributed by atoms with E-state index in [4.69, 9.17) is 5.73 Å². The zero-order valence-electron chi connectivity index (χ0n) is 11.4. The lowest BCUT2D eigenvalue weighted by atomic mass is 10.0. The quantitative estimate of drug-likeness (QED) is 0.828. The summed E-state index contributed by atoms with van der Waals surface area (Å²) in [4.78, 5) is 14.4. The van der Waals surface area contributed by atoms with Gasteiger partial charge in [0.05, 0.1) is 0 Å². The predicted octanol–water partition coefficient (Wildman–Crippen LogP) is 3.13. The van der Waals surface area contributed by atoms with Gasteiger partial charge in [-0.05, 0) is 55.4 Å². The van der Waals surface area contributed by atoms with Gasteiger partial charge in [-0.15, -0.1) is 0 Å². The first-order valence-corrected chi connectivity index (χ1v) is 7.43. The molecule has 1 aromatic rings. The fraction of sp³-hybridized carbons (Fsp3) is 0.562. The number of nitrogens with zero attached hydrogens (tertiary/aromatic N) is 1. The van der Waals surface area contributed by atoms with E-state index in [0.29, 0.717) is 12.3 Å². The molecule has 0 saturated heterocycles. The third-order valence-electron chi connectivity index (χ3n) is 4.45. The van der Waals surface area contributed by atoms with Crippen molar-refractivity contribution in [2.75, 3.05) is 17.2 Å². The molecule has 3 nitrogen and oxygen atoms in total. The summed E-state index contributed by atoms with van der Waals surface area (Å²) in [6.45, 7) is 0.899. The lowest BCUT2D eigenvalue weighted by Crippen LogP contribution is -2.34. The summed E-state index contributed by atoms with van der Waals surface area (Å²) in [6.07, 6.45) is 7.76. The number of rotatable bonds is 2. The Bertz CT molecular complexity index is 478. The summed E-state index contributed by atoms with van der Waals surface area (Å²) in [7, 11) is 0. The number of amides is 1. The Labute approximate surface area is 114 Å². The van der Waals surface area contributed by atoms with Crippen molar-refractivity contribution in [3.8, 4) is 0 Å². The number of nitrogen functional groups attached to an aromatic ring is 1. The second-order valence-electron chi connectivity index (χ2n) is 5.90. The Kier molecular flexibility index (Phi) is 3.45. The highest BCUT2D eigenvalue weighted by Gasteiger charge is 2.26. The summed E-state index contributed by atoms with van der Waals surface area (Å²) in [5, 5.41) is 0. The SMILES string of the molecule is Nc1ccc2c(c1)CCCC(=O)N2CC1CCCC1. The van der Waals surface area contributed by atoms with Gasteiger partial charge in [-0.1, -0.05) is 12.8 Å². The van der Waals surface area contributed by atoms with Crippen LogP contribution in [0, 0.1) is 5.92 Å². The Morgan fingerprint density at radius 1 is 1.16 bits per heavy atom. The number of nitrogens with two attached hydrogens (primary N) is 1. The number of hydrogen-bond acceptors (Lipinski definition) is 2. The molecule has 1 aromatic carbocycles. The van der Waals surface area contributed by atoms with Gasteiger partial charge in [-0.25, -0.2) is 0 Å². The molecular formula is C16H22N2O. The fourth-order valence-corrected chi connectivity index (χ4v) is 3.42. The van der Waals surface area contributed by atoms with Crippen LogP contribution in [0.1, 0.15) is 44.1 Å². The first kappa shape index (κ1) is 12.5. The van der Waals surface area contributed by atoms with Crippen LogP contribution in [0.2, 0.25) is 0 Å². The molecule has 19 heavy (non-hydrogen) atoms. The molecule has 2 aliphatic rings. The van der Waals surface area contributed by atoms with E-state index in [2.05, 4.69) is 0 Å². The van der Waals surface area contributed by atoms with Crippen LogP contribution in [-0.2, 0) is 11.2 Å². The third kappa shape index (κ3) is 2.60. The van der Waals surface area contributed by atoms with E-state index in [1.165, 1.54) is 31.2 Å². The van der Waals surface area contributed by atoms with Crippen LogP contribution in [0.25, 0.3) is 0 Å². The van der Waals surface area contributed by atoms with Crippen molar-refractivity contribution < 1.29 is 4.79 Å². The van der Waals surface area contributed by atoms with E-state index in [0.717, 1.165) is 30.8 Å². The summed E-state index contributed by atoms with van der Waals surface area (Å²) < 4.78 is 0. The van der Waals surface area contributed by atoms with Gasteiger partial charge in [0.2, 0.25) is 5.91 Å². The number of hydrogen-bond donors (Lipinski definition) is 1. The summed E-state index contributed by atoms with van der Waals surface area (Å²) in [5.74, 6) is 0.975. The zero-order valence-corrected chi connectivity index (χ0v) is 11.4. The summed E-state index contributed by atoms with van der Waals surface area (Å²) in [5.41, 5.74) is 9.01. The van der Waals surface area contributed by atoms with E-state index in [1.54, 1.807) is 0 Å². The number of carbonyl (C=O) groups excluding carboxylic acids is 1. The molecule has 102 valence electrons. The molecule has 0 atom stereocenters. The van der Waals surface area contributed by atoms with Crippen LogP contribution >= 0.6 is 0 Å². The molecule has 1 aliphatic heterocycles. The first-order chi connectivity index (χ1) is 9.24. The van der Waals surface area contributed by atoms with Crippen molar-refractivity contribution >= 4 is 17.3 Å². The molecule has 0 bridgehead atoms. The smallest absolute Gasteiger partial charge is 0.227 e. The largest absolute Gasteiger partial charge is 0.399 e. The van der Waals surface area contributed by atoms with E-state index >= 15 is 0 Å². The summed E-state index contributed by atoms with van der Waals surface area (Å²) >= 11 is 0. The van der Waals surface area contributed by atoms with Gasteiger partial charge in [0.25, 0.3) is 0 Å². The van der Waals surface area contributed by atoms with Crippen molar-refractivity contribution in [2.45, 2.75) is 44.9 Å². The van der Waals surface area contributed by atoms with Gasteiger partial charge < -0.3 is 10.6 Å². The molecule has 0 aromatic heterocycles. The maximum absolute atomic E-state index is 12.3. The van der Waals surface area contributed by atoms with Crippen LogP contribution in [0.4, 0.5) is 11.4 Å². The van der Waals surface area contributed by atoms with Crippen LogP contribution < -0.4 is 10.6 Å². The monoisotopic (exact) mass is 258 g/mol. The summed E-state index contributed by atoms with van der Waals surface area (Å²) in [6, 6.07) is 5.98. The molecule has 1 fully saturated rings. The highest BCUT2D eigenvalue weighted by molar-refractivity contribution is 5.95. The van der Waals surface area contributed by atoms with Gasteiger partial charge in [-0.2, -0.15) is 0 Å². The topological polar surface area (TPSA) is 46.3 Å². The lowest BCUT2D eigenvalue weighted by molar-refractivity contribution is -0.118. The van der Waals surface area contributed by atoms with Gasteiger partial charge in [0.15, 0.2) is 0 Å². The molecule has 1 heterocycles. The van der Waals surface area contributed by atoms with Crippen LogP contribution in [0.15, 0.2) is 18.2 Å². The zero-order chi connectivity index (χ0) is 13.2. The number of benzene rings is 1. The van der Waals surface area contributed by atoms with Gasteiger partial charge >= 0.3 is 0 Å². The normalized spacial score (nSPS) is 20.4. The standard InChI is InChI=1S/C16H22N2O/c17-14-8-9-15-13(10-14)6-3-7-16(19)18(15)11-12-4-1-2-5-12/h8-10,12H,1-7,11,17H2. The molecule has 1 aliphatic carbocycles. The minimum atomic E-state index is 0.287. The van der Waals surface area contributed by atoms with Crippen molar-refractivity contribution in [1.29, 1.82) is 0 Å². The Balaban J connectivity index is 1.89. The lowest BCUT2D eigenvalue weighted by Gasteiger charge is -2.26. The van der Waals surface area contributed by atoms with Crippen molar-refractivity contribution in [1.82, 2.24) is 0 Å². The average Bonchev–Trinajstić information content (AvgIpc) is 2.84.